The summed E-state index contributed by atoms with van der Waals surface area (Å²) in [5, 5.41) is 2.82. The molecule has 0 aromatic rings. The van der Waals surface area contributed by atoms with Crippen molar-refractivity contribution < 1.29 is 19.2 Å². The molecular weight excluding hydrogens is 312 g/mol. The number of hydrogen-bond acceptors (Lipinski definition) is 4. The second-order valence-electron chi connectivity index (χ2n) is 7.02. The van der Waals surface area contributed by atoms with Gasteiger partial charge in [-0.2, -0.15) is 0 Å². The van der Waals surface area contributed by atoms with E-state index in [1.54, 1.807) is 0 Å². The van der Waals surface area contributed by atoms with E-state index in [4.69, 9.17) is 11.5 Å². The molecule has 2 rings (SSSR count). The van der Waals surface area contributed by atoms with E-state index in [9.17, 15) is 19.2 Å². The van der Waals surface area contributed by atoms with Gasteiger partial charge in [0.2, 0.25) is 23.6 Å². The number of nitrogens with zero attached hydrogens (tertiary/aromatic N) is 1. The molecule has 0 aromatic heterocycles. The number of amides is 4. The molecule has 2 aliphatic rings. The Labute approximate surface area is 141 Å². The Kier molecular flexibility index (Phi) is 5.46. The Morgan fingerprint density at radius 3 is 2.38 bits per heavy atom. The molecule has 5 N–H and O–H groups in total. The highest BCUT2D eigenvalue weighted by atomic mass is 16.2. The Morgan fingerprint density at radius 2 is 1.92 bits per heavy atom. The Bertz CT molecular complexity index is 540. The second kappa shape index (κ2) is 7.19. The maximum absolute atomic E-state index is 12.6. The lowest BCUT2D eigenvalue weighted by atomic mass is 9.64. The average Bonchev–Trinajstić information content (AvgIpc) is 2.52. The van der Waals surface area contributed by atoms with Gasteiger partial charge in [-0.1, -0.05) is 0 Å². The van der Waals surface area contributed by atoms with Crippen molar-refractivity contribution in [3.8, 4) is 0 Å². The number of primary amides is 2. The molecule has 0 radical (unpaired) electrons. The molecule has 8 heteroatoms. The first-order valence-corrected chi connectivity index (χ1v) is 8.38. The topological polar surface area (TPSA) is 136 Å². The standard InChI is InChI=1S/C16H26N4O4/c1-10(21)19-8-11-4-6-16(7-5-11)9-20(15(16)24)12(14(18)23)2-3-13(17)22/h11-12H,2-9H2,1H3,(H2,17,22)(H2,18,23)(H,19,21)/t11?,12-,16?/m0/s1. The van der Waals surface area contributed by atoms with E-state index in [1.165, 1.54) is 11.8 Å². The number of nitrogens with one attached hydrogen (secondary N) is 1. The average molecular weight is 338 g/mol. The Hall–Kier alpha value is -2.12. The zero-order chi connectivity index (χ0) is 17.9. The molecule has 8 nitrogen and oxygen atoms in total. The predicted octanol–water partition coefficient (Wildman–Crippen LogP) is -0.739. The van der Waals surface area contributed by atoms with E-state index >= 15 is 0 Å². The van der Waals surface area contributed by atoms with Crippen LogP contribution in [0.15, 0.2) is 0 Å². The molecule has 4 amide bonds. The van der Waals surface area contributed by atoms with Gasteiger partial charge in [0.25, 0.3) is 0 Å². The third-order valence-corrected chi connectivity index (χ3v) is 5.26. The van der Waals surface area contributed by atoms with Gasteiger partial charge in [-0.25, -0.2) is 0 Å². The van der Waals surface area contributed by atoms with Gasteiger partial charge in [0.15, 0.2) is 0 Å². The molecule has 0 aromatic carbocycles. The van der Waals surface area contributed by atoms with E-state index < -0.39 is 23.3 Å². The molecule has 1 aliphatic heterocycles. The maximum Gasteiger partial charge on any atom is 0.240 e. The van der Waals surface area contributed by atoms with Crippen LogP contribution in [-0.4, -0.2) is 47.7 Å². The monoisotopic (exact) mass is 338 g/mol. The summed E-state index contributed by atoms with van der Waals surface area (Å²) in [6.45, 7) is 2.64. The summed E-state index contributed by atoms with van der Waals surface area (Å²) in [5.74, 6) is -0.807. The molecule has 0 unspecified atom stereocenters. The smallest absolute Gasteiger partial charge is 0.240 e. The Balaban J connectivity index is 1.88. The zero-order valence-corrected chi connectivity index (χ0v) is 14.0. The minimum atomic E-state index is -0.757. The number of likely N-dealkylation sites (tertiary alicyclic amines) is 1. The van der Waals surface area contributed by atoms with Gasteiger partial charge in [0.1, 0.15) is 6.04 Å². The fourth-order valence-corrected chi connectivity index (χ4v) is 3.76. The summed E-state index contributed by atoms with van der Waals surface area (Å²) in [6, 6.07) is -0.757. The summed E-state index contributed by atoms with van der Waals surface area (Å²) in [6.07, 6.45) is 3.48. The molecule has 1 saturated carbocycles. The predicted molar refractivity (Wildman–Crippen MR) is 86.2 cm³/mol. The van der Waals surface area contributed by atoms with E-state index in [2.05, 4.69) is 5.32 Å². The highest BCUT2D eigenvalue weighted by Crippen LogP contribution is 2.47. The highest BCUT2D eigenvalue weighted by molar-refractivity contribution is 5.94. The van der Waals surface area contributed by atoms with Gasteiger partial charge < -0.3 is 21.7 Å². The zero-order valence-electron chi connectivity index (χ0n) is 14.0. The molecule has 1 atom stereocenters. The summed E-state index contributed by atoms with van der Waals surface area (Å²) >= 11 is 0. The van der Waals surface area contributed by atoms with E-state index in [-0.39, 0.29) is 24.7 Å². The van der Waals surface area contributed by atoms with Crippen molar-refractivity contribution >= 4 is 23.6 Å². The molecule has 1 heterocycles. The van der Waals surface area contributed by atoms with Gasteiger partial charge in [-0.3, -0.25) is 19.2 Å². The first-order valence-electron chi connectivity index (χ1n) is 8.38. The van der Waals surface area contributed by atoms with Crippen LogP contribution in [0, 0.1) is 11.3 Å². The van der Waals surface area contributed by atoms with Crippen LogP contribution in [0.5, 0.6) is 0 Å². The van der Waals surface area contributed by atoms with Gasteiger partial charge in [0, 0.05) is 26.4 Å². The van der Waals surface area contributed by atoms with Gasteiger partial charge in [0.05, 0.1) is 5.41 Å². The number of β-lactam (4-membered cyclic amide) rings is 1. The van der Waals surface area contributed by atoms with Crippen molar-refractivity contribution in [2.24, 2.45) is 22.8 Å². The summed E-state index contributed by atoms with van der Waals surface area (Å²) in [5.41, 5.74) is 10.1. The van der Waals surface area contributed by atoms with Crippen LogP contribution < -0.4 is 16.8 Å². The van der Waals surface area contributed by atoms with Crippen LogP contribution in [0.1, 0.15) is 45.4 Å². The fourth-order valence-electron chi connectivity index (χ4n) is 3.76. The van der Waals surface area contributed by atoms with Crippen molar-refractivity contribution in [3.05, 3.63) is 0 Å². The lowest BCUT2D eigenvalue weighted by Crippen LogP contribution is -2.67. The van der Waals surface area contributed by atoms with Crippen LogP contribution in [0.3, 0.4) is 0 Å². The number of hydrogen-bond donors (Lipinski definition) is 3. The minimum Gasteiger partial charge on any atom is -0.370 e. The van der Waals surface area contributed by atoms with Crippen LogP contribution in [0.25, 0.3) is 0 Å². The summed E-state index contributed by atoms with van der Waals surface area (Å²) < 4.78 is 0. The van der Waals surface area contributed by atoms with E-state index in [0.29, 0.717) is 19.0 Å². The van der Waals surface area contributed by atoms with Crippen LogP contribution in [-0.2, 0) is 19.2 Å². The quantitative estimate of drug-likeness (QED) is 0.527. The number of nitrogens with two attached hydrogens (primary N) is 2. The molecule has 24 heavy (non-hydrogen) atoms. The number of rotatable bonds is 7. The van der Waals surface area contributed by atoms with Crippen molar-refractivity contribution in [2.75, 3.05) is 13.1 Å². The molecule has 1 aliphatic carbocycles. The molecular formula is C16H26N4O4. The first kappa shape index (κ1) is 18.2. The number of carbonyl (C=O) groups excluding carboxylic acids is 4. The van der Waals surface area contributed by atoms with Crippen LogP contribution in [0.2, 0.25) is 0 Å². The lowest BCUT2D eigenvalue weighted by Gasteiger charge is -2.54. The number of carbonyl (C=O) groups is 4. The molecule has 0 bridgehead atoms. The minimum absolute atomic E-state index is 0.0309. The van der Waals surface area contributed by atoms with Crippen LogP contribution >= 0.6 is 0 Å². The normalized spacial score (nSPS) is 27.5. The van der Waals surface area contributed by atoms with Crippen molar-refractivity contribution in [1.82, 2.24) is 10.2 Å². The largest absolute Gasteiger partial charge is 0.370 e. The van der Waals surface area contributed by atoms with E-state index in [0.717, 1.165) is 25.7 Å². The van der Waals surface area contributed by atoms with Crippen LogP contribution in [0.4, 0.5) is 0 Å². The third kappa shape index (κ3) is 3.85. The van der Waals surface area contributed by atoms with Crippen molar-refractivity contribution in [1.29, 1.82) is 0 Å². The second-order valence-corrected chi connectivity index (χ2v) is 7.02. The van der Waals surface area contributed by atoms with Gasteiger partial charge in [-0.05, 0) is 38.0 Å². The maximum atomic E-state index is 12.6. The third-order valence-electron chi connectivity index (χ3n) is 5.26. The van der Waals surface area contributed by atoms with Gasteiger partial charge in [-0.15, -0.1) is 0 Å². The summed E-state index contributed by atoms with van der Waals surface area (Å²) in [7, 11) is 0. The van der Waals surface area contributed by atoms with Gasteiger partial charge >= 0.3 is 0 Å². The molecule has 1 spiro atoms. The van der Waals surface area contributed by atoms with Crippen molar-refractivity contribution in [2.45, 2.75) is 51.5 Å². The molecule has 134 valence electrons. The summed E-state index contributed by atoms with van der Waals surface area (Å²) in [4.78, 5) is 47.6. The molecule has 1 saturated heterocycles. The SMILES string of the molecule is CC(=O)NCC1CCC2(CC1)CN([C@@H](CCC(N)=O)C(N)=O)C2=O. The fraction of sp³-hybridized carbons (Fsp3) is 0.750. The Morgan fingerprint density at radius 1 is 1.29 bits per heavy atom. The van der Waals surface area contributed by atoms with E-state index in [1.807, 2.05) is 0 Å². The lowest BCUT2D eigenvalue weighted by molar-refractivity contribution is -0.172. The molecule has 2 fully saturated rings. The highest BCUT2D eigenvalue weighted by Gasteiger charge is 2.55. The first-order chi connectivity index (χ1) is 11.2. The van der Waals surface area contributed by atoms with Crippen molar-refractivity contribution in [3.63, 3.8) is 0 Å².